The molecule has 1 fully saturated rings. The molecule has 0 unspecified atom stereocenters. The second-order valence-corrected chi connectivity index (χ2v) is 5.37. The maximum absolute atomic E-state index is 4.13. The Morgan fingerprint density at radius 1 is 1.60 bits per heavy atom. The zero-order valence-corrected chi connectivity index (χ0v) is 10.1. The summed E-state index contributed by atoms with van der Waals surface area (Å²) in [5.41, 5.74) is 1.27. The summed E-state index contributed by atoms with van der Waals surface area (Å²) >= 11 is 2.08. The minimum absolute atomic E-state index is 0.942. The van der Waals surface area contributed by atoms with Crippen molar-refractivity contribution in [2.24, 2.45) is 13.0 Å². The van der Waals surface area contributed by atoms with E-state index in [0.29, 0.717) is 0 Å². The average Bonchev–Trinajstić information content (AvgIpc) is 2.95. The van der Waals surface area contributed by atoms with Crippen molar-refractivity contribution in [2.45, 2.75) is 19.4 Å². The highest BCUT2D eigenvalue weighted by molar-refractivity contribution is 7.99. The number of nitrogens with one attached hydrogen (secondary N) is 1. The van der Waals surface area contributed by atoms with Gasteiger partial charge in [-0.15, -0.1) is 0 Å². The highest BCUT2D eigenvalue weighted by Gasteiger charge is 2.20. The third kappa shape index (κ3) is 4.26. The lowest BCUT2D eigenvalue weighted by molar-refractivity contribution is 0.728. The average molecular weight is 225 g/mol. The molecular weight excluding hydrogens is 206 g/mol. The molecule has 1 aromatic rings. The van der Waals surface area contributed by atoms with Crippen molar-refractivity contribution in [3.63, 3.8) is 0 Å². The number of hydrogen-bond donors (Lipinski definition) is 1. The zero-order chi connectivity index (χ0) is 10.5. The van der Waals surface area contributed by atoms with E-state index in [1.165, 1.54) is 29.9 Å². The summed E-state index contributed by atoms with van der Waals surface area (Å²) in [5.74, 6) is 3.65. The SMILES string of the molecule is Cn1cc(CNCCSCC2CC2)cn1. The Morgan fingerprint density at radius 2 is 2.47 bits per heavy atom. The van der Waals surface area contributed by atoms with Gasteiger partial charge in [0.2, 0.25) is 0 Å². The third-order valence-electron chi connectivity index (χ3n) is 2.56. The van der Waals surface area contributed by atoms with Crippen LogP contribution in [-0.2, 0) is 13.6 Å². The lowest BCUT2D eigenvalue weighted by atomic mass is 10.3. The van der Waals surface area contributed by atoms with Crippen LogP contribution in [0.5, 0.6) is 0 Å². The summed E-state index contributed by atoms with van der Waals surface area (Å²) in [4.78, 5) is 0. The first kappa shape index (κ1) is 11.0. The highest BCUT2D eigenvalue weighted by atomic mass is 32.2. The topological polar surface area (TPSA) is 29.9 Å². The summed E-state index contributed by atoms with van der Waals surface area (Å²) in [5, 5.41) is 7.57. The molecule has 2 rings (SSSR count). The van der Waals surface area contributed by atoms with Crippen LogP contribution in [0.3, 0.4) is 0 Å². The molecule has 15 heavy (non-hydrogen) atoms. The lowest BCUT2D eigenvalue weighted by Crippen LogP contribution is -2.16. The summed E-state index contributed by atoms with van der Waals surface area (Å²) < 4.78 is 1.85. The number of aryl methyl sites for hydroxylation is 1. The lowest BCUT2D eigenvalue weighted by Gasteiger charge is -2.02. The largest absolute Gasteiger partial charge is 0.312 e. The third-order valence-corrected chi connectivity index (χ3v) is 3.76. The van der Waals surface area contributed by atoms with Gasteiger partial charge in [-0.3, -0.25) is 4.68 Å². The van der Waals surface area contributed by atoms with Gasteiger partial charge in [0, 0.05) is 37.7 Å². The fourth-order valence-corrected chi connectivity index (χ4v) is 2.60. The molecule has 1 saturated carbocycles. The quantitative estimate of drug-likeness (QED) is 0.716. The van der Waals surface area contributed by atoms with Gasteiger partial charge in [0.05, 0.1) is 6.20 Å². The predicted octanol–water partition coefficient (Wildman–Crippen LogP) is 1.65. The van der Waals surface area contributed by atoms with Gasteiger partial charge in [0.25, 0.3) is 0 Å². The van der Waals surface area contributed by atoms with E-state index in [1.54, 1.807) is 0 Å². The van der Waals surface area contributed by atoms with E-state index in [0.717, 1.165) is 19.0 Å². The number of aromatic nitrogens is 2. The van der Waals surface area contributed by atoms with Crippen molar-refractivity contribution in [3.8, 4) is 0 Å². The minimum Gasteiger partial charge on any atom is -0.312 e. The molecule has 4 heteroatoms. The van der Waals surface area contributed by atoms with E-state index >= 15 is 0 Å². The van der Waals surface area contributed by atoms with E-state index in [4.69, 9.17) is 0 Å². The van der Waals surface area contributed by atoms with Crippen LogP contribution in [0, 0.1) is 5.92 Å². The second kappa shape index (κ2) is 5.56. The Bertz CT molecular complexity index is 294. The first-order valence-corrected chi connectivity index (χ1v) is 6.76. The van der Waals surface area contributed by atoms with Crippen molar-refractivity contribution in [1.82, 2.24) is 15.1 Å². The molecule has 1 aromatic heterocycles. The summed E-state index contributed by atoms with van der Waals surface area (Å²) in [6.45, 7) is 2.05. The fourth-order valence-electron chi connectivity index (χ4n) is 1.47. The van der Waals surface area contributed by atoms with Crippen LogP contribution in [0.4, 0.5) is 0 Å². The molecular formula is C11H19N3S. The Morgan fingerprint density at radius 3 is 3.13 bits per heavy atom. The Hall–Kier alpha value is -0.480. The van der Waals surface area contributed by atoms with Crippen LogP contribution in [0.15, 0.2) is 12.4 Å². The second-order valence-electron chi connectivity index (χ2n) is 4.22. The van der Waals surface area contributed by atoms with Crippen molar-refractivity contribution in [1.29, 1.82) is 0 Å². The minimum atomic E-state index is 0.942. The Balaban J connectivity index is 1.47. The molecule has 0 aliphatic heterocycles. The first-order chi connectivity index (χ1) is 7.34. The smallest absolute Gasteiger partial charge is 0.0534 e. The molecule has 0 atom stereocenters. The molecule has 0 radical (unpaired) electrons. The predicted molar refractivity (Wildman–Crippen MR) is 65.0 cm³/mol. The monoisotopic (exact) mass is 225 g/mol. The van der Waals surface area contributed by atoms with Gasteiger partial charge in [-0.2, -0.15) is 16.9 Å². The number of rotatable bonds is 7. The van der Waals surface area contributed by atoms with Crippen molar-refractivity contribution < 1.29 is 0 Å². The van der Waals surface area contributed by atoms with Crippen LogP contribution in [0.1, 0.15) is 18.4 Å². The van der Waals surface area contributed by atoms with Crippen LogP contribution >= 0.6 is 11.8 Å². The number of thioether (sulfide) groups is 1. The molecule has 0 amide bonds. The molecule has 0 saturated heterocycles. The van der Waals surface area contributed by atoms with Crippen molar-refractivity contribution >= 4 is 11.8 Å². The van der Waals surface area contributed by atoms with E-state index in [9.17, 15) is 0 Å². The maximum atomic E-state index is 4.13. The normalized spacial score (nSPS) is 15.8. The van der Waals surface area contributed by atoms with E-state index < -0.39 is 0 Å². The van der Waals surface area contributed by atoms with Gasteiger partial charge in [0.15, 0.2) is 0 Å². The standard InChI is InChI=1S/C11H19N3S/c1-14-8-11(7-13-14)6-12-4-5-15-9-10-2-3-10/h7-8,10,12H,2-6,9H2,1H3. The van der Waals surface area contributed by atoms with Crippen LogP contribution in [0.2, 0.25) is 0 Å². The van der Waals surface area contributed by atoms with Crippen LogP contribution < -0.4 is 5.32 Å². The molecule has 0 aromatic carbocycles. The van der Waals surface area contributed by atoms with E-state index in [2.05, 4.69) is 28.4 Å². The molecule has 84 valence electrons. The van der Waals surface area contributed by atoms with Gasteiger partial charge in [-0.05, 0) is 24.5 Å². The van der Waals surface area contributed by atoms with Gasteiger partial charge in [0.1, 0.15) is 0 Å². The highest BCUT2D eigenvalue weighted by Crippen LogP contribution is 2.32. The van der Waals surface area contributed by atoms with Crippen LogP contribution in [0.25, 0.3) is 0 Å². The molecule has 0 bridgehead atoms. The van der Waals surface area contributed by atoms with Crippen molar-refractivity contribution in [3.05, 3.63) is 18.0 Å². The maximum Gasteiger partial charge on any atom is 0.0534 e. The summed E-state index contributed by atoms with van der Waals surface area (Å²) in [7, 11) is 1.95. The van der Waals surface area contributed by atoms with Crippen LogP contribution in [-0.4, -0.2) is 27.8 Å². The summed E-state index contributed by atoms with van der Waals surface area (Å²) in [6.07, 6.45) is 6.92. The van der Waals surface area contributed by atoms with Gasteiger partial charge >= 0.3 is 0 Å². The summed E-state index contributed by atoms with van der Waals surface area (Å²) in [6, 6.07) is 0. The van der Waals surface area contributed by atoms with Gasteiger partial charge in [-0.25, -0.2) is 0 Å². The first-order valence-electron chi connectivity index (χ1n) is 5.60. The molecule has 1 N–H and O–H groups in total. The molecule has 1 heterocycles. The van der Waals surface area contributed by atoms with Gasteiger partial charge in [-0.1, -0.05) is 0 Å². The van der Waals surface area contributed by atoms with E-state index in [1.807, 2.05) is 17.9 Å². The molecule has 3 nitrogen and oxygen atoms in total. The number of nitrogens with zero attached hydrogens (tertiary/aromatic N) is 2. The van der Waals surface area contributed by atoms with Gasteiger partial charge < -0.3 is 5.32 Å². The molecule has 1 aliphatic rings. The number of hydrogen-bond acceptors (Lipinski definition) is 3. The molecule has 1 aliphatic carbocycles. The van der Waals surface area contributed by atoms with E-state index in [-0.39, 0.29) is 0 Å². The molecule has 0 spiro atoms. The Kier molecular flexibility index (Phi) is 4.09. The van der Waals surface area contributed by atoms with Crippen molar-refractivity contribution in [2.75, 3.05) is 18.1 Å². The zero-order valence-electron chi connectivity index (χ0n) is 9.28. The fraction of sp³-hybridized carbons (Fsp3) is 0.727. The Labute approximate surface area is 95.6 Å².